The van der Waals surface area contributed by atoms with Gasteiger partial charge in [-0.05, 0) is 30.2 Å². The molecule has 8 N–H and O–H groups in total. The number of nitrogens with zero attached hydrogens (tertiary/aromatic N) is 4. The summed E-state index contributed by atoms with van der Waals surface area (Å²) in [4.78, 5) is 12.8. The Labute approximate surface area is 218 Å². The van der Waals surface area contributed by atoms with E-state index in [2.05, 4.69) is 20.3 Å². The number of aliphatic hydroxyl groups excluding tert-OH is 3. The summed E-state index contributed by atoms with van der Waals surface area (Å²) in [5, 5.41) is 33.8. The van der Waals surface area contributed by atoms with E-state index >= 15 is 0 Å². The van der Waals surface area contributed by atoms with Crippen molar-refractivity contribution in [1.29, 1.82) is 0 Å². The third kappa shape index (κ3) is 4.99. The molecule has 0 bridgehead atoms. The summed E-state index contributed by atoms with van der Waals surface area (Å²) < 4.78 is 13.4. The van der Waals surface area contributed by atoms with Crippen LogP contribution in [-0.4, -0.2) is 72.9 Å². The van der Waals surface area contributed by atoms with Gasteiger partial charge in [-0.2, -0.15) is 0 Å². The van der Waals surface area contributed by atoms with E-state index in [4.69, 9.17) is 20.9 Å². The van der Waals surface area contributed by atoms with Crippen LogP contribution in [0.4, 0.5) is 11.8 Å². The number of hydrogen-bond donors (Lipinski definition) is 6. The van der Waals surface area contributed by atoms with Crippen molar-refractivity contribution in [3.8, 4) is 16.9 Å². The maximum atomic E-state index is 10.7. The summed E-state index contributed by atoms with van der Waals surface area (Å²) in [6.45, 7) is 0.910. The monoisotopic (exact) mass is 521 g/mol. The van der Waals surface area contributed by atoms with Crippen LogP contribution in [0.15, 0.2) is 54.9 Å². The summed E-state index contributed by atoms with van der Waals surface area (Å²) in [7, 11) is 0. The highest BCUT2D eigenvalue weighted by molar-refractivity contribution is 5.84. The normalized spacial score (nSPS) is 21.2. The zero-order valence-electron chi connectivity index (χ0n) is 20.6. The second kappa shape index (κ2) is 11.3. The third-order valence-corrected chi connectivity index (χ3v) is 6.46. The number of fused-ring (bicyclic) bond motifs is 1. The first-order chi connectivity index (χ1) is 18.5. The standard InChI is InChI=1S/C26H31N7O5/c27-9-4-10-37-18-11-15(7-8-17(18)16-5-2-1-3-6-16)12-29-26-32-20-23(28)30-14-31-24(20)33(26)25-22(36)21(35)19(13-34)38-25/h1-3,5-8,11,14,19,21-22,25,34-36H,4,9-10,12-13,27H2,(H,29,32)(H2,28,30,31)/t19-,21-,22-,25-/m1/s1. The highest BCUT2D eigenvalue weighted by Crippen LogP contribution is 2.36. The first kappa shape index (κ1) is 25.8. The van der Waals surface area contributed by atoms with E-state index in [1.807, 2.05) is 48.5 Å². The Bertz CT molecular complexity index is 1380. The molecule has 0 spiro atoms. The molecule has 1 aliphatic rings. The van der Waals surface area contributed by atoms with Gasteiger partial charge in [0.25, 0.3) is 0 Å². The highest BCUT2D eigenvalue weighted by Gasteiger charge is 2.45. The van der Waals surface area contributed by atoms with Crippen LogP contribution in [0.2, 0.25) is 0 Å². The van der Waals surface area contributed by atoms with E-state index in [9.17, 15) is 15.3 Å². The second-order valence-electron chi connectivity index (χ2n) is 9.01. The largest absolute Gasteiger partial charge is 0.493 e. The number of nitrogens with one attached hydrogen (secondary N) is 1. The second-order valence-corrected chi connectivity index (χ2v) is 9.01. The Kier molecular flexibility index (Phi) is 7.67. The van der Waals surface area contributed by atoms with E-state index in [1.165, 1.54) is 10.9 Å². The van der Waals surface area contributed by atoms with Crippen LogP contribution in [0.25, 0.3) is 22.3 Å². The molecule has 3 heterocycles. The summed E-state index contributed by atoms with van der Waals surface area (Å²) in [6.07, 6.45) is -2.61. The molecule has 2 aromatic carbocycles. The molecule has 4 atom stereocenters. The van der Waals surface area contributed by atoms with E-state index < -0.39 is 31.1 Å². The Morgan fingerprint density at radius 3 is 2.63 bits per heavy atom. The molecule has 2 aromatic heterocycles. The number of benzene rings is 2. The molecule has 38 heavy (non-hydrogen) atoms. The quantitative estimate of drug-likeness (QED) is 0.164. The van der Waals surface area contributed by atoms with Crippen LogP contribution in [0.3, 0.4) is 0 Å². The first-order valence-corrected chi connectivity index (χ1v) is 12.4. The number of rotatable bonds is 10. The minimum absolute atomic E-state index is 0.159. The molecule has 12 nitrogen and oxygen atoms in total. The molecule has 1 fully saturated rings. The van der Waals surface area contributed by atoms with Gasteiger partial charge in [-0.15, -0.1) is 0 Å². The topological polar surface area (TPSA) is 187 Å². The molecular weight excluding hydrogens is 490 g/mol. The number of aliphatic hydroxyl groups is 3. The van der Waals surface area contributed by atoms with Gasteiger partial charge in [-0.25, -0.2) is 15.0 Å². The Hall–Kier alpha value is -3.81. The minimum atomic E-state index is -1.33. The summed E-state index contributed by atoms with van der Waals surface area (Å²) in [5.74, 6) is 1.20. The van der Waals surface area contributed by atoms with Gasteiger partial charge in [0.2, 0.25) is 5.95 Å². The predicted molar refractivity (Wildman–Crippen MR) is 141 cm³/mol. The van der Waals surface area contributed by atoms with E-state index in [1.54, 1.807) is 0 Å². The molecule has 0 aliphatic carbocycles. The number of aromatic nitrogens is 4. The highest BCUT2D eigenvalue weighted by atomic mass is 16.6. The lowest BCUT2D eigenvalue weighted by atomic mass is 10.0. The van der Waals surface area contributed by atoms with Crippen molar-refractivity contribution in [3.63, 3.8) is 0 Å². The lowest BCUT2D eigenvalue weighted by molar-refractivity contribution is -0.0501. The molecule has 12 heteroatoms. The molecule has 5 rings (SSSR count). The molecule has 200 valence electrons. The van der Waals surface area contributed by atoms with Crippen LogP contribution < -0.4 is 21.5 Å². The zero-order chi connectivity index (χ0) is 26.6. The molecule has 0 unspecified atom stereocenters. The minimum Gasteiger partial charge on any atom is -0.493 e. The van der Waals surface area contributed by atoms with Crippen LogP contribution in [-0.2, 0) is 11.3 Å². The number of anilines is 2. The summed E-state index contributed by atoms with van der Waals surface area (Å²) >= 11 is 0. The van der Waals surface area contributed by atoms with Gasteiger partial charge in [0.1, 0.15) is 30.4 Å². The molecule has 0 radical (unpaired) electrons. The molecule has 1 saturated heterocycles. The van der Waals surface area contributed by atoms with Crippen molar-refractivity contribution in [3.05, 3.63) is 60.4 Å². The number of ether oxygens (including phenoxy) is 2. The Morgan fingerprint density at radius 1 is 1.08 bits per heavy atom. The lowest BCUT2D eigenvalue weighted by Gasteiger charge is -2.20. The smallest absolute Gasteiger partial charge is 0.207 e. The summed E-state index contributed by atoms with van der Waals surface area (Å²) in [6, 6.07) is 15.9. The maximum absolute atomic E-state index is 10.7. The fourth-order valence-electron chi connectivity index (χ4n) is 4.48. The third-order valence-electron chi connectivity index (χ3n) is 6.46. The van der Waals surface area contributed by atoms with Crippen LogP contribution in [0, 0.1) is 0 Å². The molecule has 4 aromatic rings. The van der Waals surface area contributed by atoms with Crippen molar-refractivity contribution in [1.82, 2.24) is 19.5 Å². The van der Waals surface area contributed by atoms with Crippen molar-refractivity contribution < 1.29 is 24.8 Å². The molecular formula is C26H31N7O5. The average molecular weight is 522 g/mol. The summed E-state index contributed by atoms with van der Waals surface area (Å²) in [5.41, 5.74) is 15.2. The fourth-order valence-corrected chi connectivity index (χ4v) is 4.48. The van der Waals surface area contributed by atoms with Crippen molar-refractivity contribution in [2.24, 2.45) is 5.73 Å². The van der Waals surface area contributed by atoms with Gasteiger partial charge in [0.05, 0.1) is 13.2 Å². The number of hydrogen-bond acceptors (Lipinski definition) is 11. The fraction of sp³-hybridized carbons (Fsp3) is 0.346. The van der Waals surface area contributed by atoms with Crippen LogP contribution >= 0.6 is 0 Å². The molecule has 0 saturated carbocycles. The molecule has 0 amide bonds. The number of nitrogens with two attached hydrogens (primary N) is 2. The number of imidazole rings is 1. The van der Waals surface area contributed by atoms with Gasteiger partial charge in [0.15, 0.2) is 23.2 Å². The van der Waals surface area contributed by atoms with Crippen molar-refractivity contribution in [2.45, 2.75) is 37.5 Å². The zero-order valence-corrected chi connectivity index (χ0v) is 20.6. The Morgan fingerprint density at radius 2 is 1.89 bits per heavy atom. The average Bonchev–Trinajstić information content (AvgIpc) is 3.45. The van der Waals surface area contributed by atoms with Crippen molar-refractivity contribution >= 4 is 22.9 Å². The Balaban J connectivity index is 1.46. The first-order valence-electron chi connectivity index (χ1n) is 12.4. The van der Waals surface area contributed by atoms with E-state index in [-0.39, 0.29) is 5.82 Å². The van der Waals surface area contributed by atoms with Gasteiger partial charge >= 0.3 is 0 Å². The van der Waals surface area contributed by atoms with Gasteiger partial charge < -0.3 is 41.6 Å². The predicted octanol–water partition coefficient (Wildman–Crippen LogP) is 1.03. The van der Waals surface area contributed by atoms with Gasteiger partial charge in [-0.3, -0.25) is 4.57 Å². The van der Waals surface area contributed by atoms with E-state index in [0.717, 1.165) is 28.9 Å². The van der Waals surface area contributed by atoms with Crippen LogP contribution in [0.5, 0.6) is 5.75 Å². The van der Waals surface area contributed by atoms with Gasteiger partial charge in [-0.1, -0.05) is 42.5 Å². The molecule has 1 aliphatic heterocycles. The van der Waals surface area contributed by atoms with Crippen LogP contribution in [0.1, 0.15) is 18.2 Å². The van der Waals surface area contributed by atoms with E-state index in [0.29, 0.717) is 36.8 Å². The van der Waals surface area contributed by atoms with Crippen molar-refractivity contribution in [2.75, 3.05) is 30.8 Å². The lowest BCUT2D eigenvalue weighted by Crippen LogP contribution is -2.33. The van der Waals surface area contributed by atoms with Gasteiger partial charge in [0, 0.05) is 12.1 Å². The SMILES string of the molecule is NCCCOc1cc(CNc2nc3c(N)ncnc3n2[C@@H]2O[C@H](CO)[C@@H](O)[C@H]2O)ccc1-c1ccccc1. The maximum Gasteiger partial charge on any atom is 0.207 e. The number of nitrogen functional groups attached to an aromatic ring is 1.